The second-order valence-corrected chi connectivity index (χ2v) is 6.91. The molecule has 1 aliphatic heterocycles. The van der Waals surface area contributed by atoms with E-state index < -0.39 is 5.66 Å². The molecule has 0 amide bonds. The summed E-state index contributed by atoms with van der Waals surface area (Å²) in [6, 6.07) is 14.3. The summed E-state index contributed by atoms with van der Waals surface area (Å²) in [6.07, 6.45) is 5.07. The van der Waals surface area contributed by atoms with Crippen molar-refractivity contribution in [2.24, 2.45) is 10.7 Å². The largest absolute Gasteiger partial charge is 0.300 e. The Balaban J connectivity index is 1.76. The third-order valence-electron chi connectivity index (χ3n) is 4.32. The summed E-state index contributed by atoms with van der Waals surface area (Å²) in [5, 5.41) is 9.88. The van der Waals surface area contributed by atoms with Gasteiger partial charge in [-0.25, -0.2) is 4.39 Å². The van der Waals surface area contributed by atoms with Crippen LogP contribution in [0.4, 0.5) is 4.39 Å². The van der Waals surface area contributed by atoms with E-state index in [1.807, 2.05) is 24.3 Å². The number of allylic oxidation sites excluding steroid dienone is 1. The monoisotopic (exact) mass is 406 g/mol. The lowest BCUT2D eigenvalue weighted by Gasteiger charge is -2.19. The van der Waals surface area contributed by atoms with Gasteiger partial charge in [-0.05, 0) is 69.0 Å². The number of hydrogen-bond acceptors (Lipinski definition) is 4. The van der Waals surface area contributed by atoms with Crippen molar-refractivity contribution in [2.45, 2.75) is 5.66 Å². The van der Waals surface area contributed by atoms with Crippen LogP contribution in [0.25, 0.3) is 16.5 Å². The van der Waals surface area contributed by atoms with Crippen LogP contribution in [-0.4, -0.2) is 11.2 Å². The van der Waals surface area contributed by atoms with Gasteiger partial charge in [-0.15, -0.1) is 0 Å². The molecule has 0 saturated carbocycles. The first-order valence-corrected chi connectivity index (χ1v) is 8.60. The fourth-order valence-corrected chi connectivity index (χ4v) is 3.30. The molecule has 6 heteroatoms. The molecule has 26 heavy (non-hydrogen) atoms. The molecule has 1 atom stereocenters. The fourth-order valence-electron chi connectivity index (χ4n) is 2.92. The van der Waals surface area contributed by atoms with Gasteiger partial charge < -0.3 is 5.73 Å². The first kappa shape index (κ1) is 16.6. The molecular formula is C20H12BrFN4. The summed E-state index contributed by atoms with van der Waals surface area (Å²) in [4.78, 5) is 8.73. The van der Waals surface area contributed by atoms with Gasteiger partial charge in [0.05, 0.1) is 15.6 Å². The van der Waals surface area contributed by atoms with Crippen LogP contribution in [0.1, 0.15) is 16.7 Å². The average Bonchev–Trinajstić information content (AvgIpc) is 3.06. The lowest BCUT2D eigenvalue weighted by atomic mass is 9.96. The molecular weight excluding hydrogens is 395 g/mol. The van der Waals surface area contributed by atoms with Crippen molar-refractivity contribution in [3.05, 3.63) is 81.7 Å². The Kier molecular flexibility index (Phi) is 3.91. The number of hydrogen-bond donors (Lipinski definition) is 1. The summed E-state index contributed by atoms with van der Waals surface area (Å²) >= 11 is 3.20. The Morgan fingerprint density at radius 2 is 2.00 bits per heavy atom. The smallest absolute Gasteiger partial charge is 0.153 e. The topological polar surface area (TPSA) is 75.1 Å². The van der Waals surface area contributed by atoms with Crippen LogP contribution >= 0.6 is 15.9 Å². The Morgan fingerprint density at radius 3 is 2.77 bits per heavy atom. The van der Waals surface area contributed by atoms with Crippen LogP contribution < -0.4 is 5.73 Å². The molecule has 2 aromatic carbocycles. The van der Waals surface area contributed by atoms with Crippen molar-refractivity contribution >= 4 is 38.6 Å². The molecule has 4 nitrogen and oxygen atoms in total. The zero-order chi connectivity index (χ0) is 18.3. The van der Waals surface area contributed by atoms with Gasteiger partial charge >= 0.3 is 0 Å². The molecule has 0 radical (unpaired) electrons. The van der Waals surface area contributed by atoms with E-state index in [-0.39, 0.29) is 5.82 Å². The van der Waals surface area contributed by atoms with E-state index in [4.69, 9.17) is 11.0 Å². The third kappa shape index (κ3) is 2.81. The van der Waals surface area contributed by atoms with Gasteiger partial charge in [-0.1, -0.05) is 12.1 Å². The summed E-state index contributed by atoms with van der Waals surface area (Å²) in [5.74, 6) is -0.321. The van der Waals surface area contributed by atoms with E-state index >= 15 is 0 Å². The van der Waals surface area contributed by atoms with E-state index in [0.29, 0.717) is 10.0 Å². The second-order valence-electron chi connectivity index (χ2n) is 6.06. The Bertz CT molecular complexity index is 1150. The molecule has 0 fully saturated rings. The van der Waals surface area contributed by atoms with E-state index in [1.54, 1.807) is 30.6 Å². The van der Waals surface area contributed by atoms with Crippen molar-refractivity contribution < 1.29 is 4.39 Å². The Hall–Kier alpha value is -2.88. The Labute approximate surface area is 157 Å². The minimum absolute atomic E-state index is 0.321. The lowest BCUT2D eigenvalue weighted by Crippen LogP contribution is -2.30. The van der Waals surface area contributed by atoms with Crippen LogP contribution in [0, 0.1) is 17.1 Å². The number of nitrogens with two attached hydrogens (primary N) is 1. The van der Waals surface area contributed by atoms with Gasteiger partial charge in [0.15, 0.2) is 5.66 Å². The number of rotatable bonds is 2. The van der Waals surface area contributed by atoms with Crippen LogP contribution in [0.15, 0.2) is 64.2 Å². The fraction of sp³-hybridized carbons (Fsp3) is 0.0500. The quantitative estimate of drug-likeness (QED) is 0.689. The minimum Gasteiger partial charge on any atom is -0.300 e. The molecule has 0 bridgehead atoms. The maximum absolute atomic E-state index is 13.5. The highest BCUT2D eigenvalue weighted by atomic mass is 79.9. The number of nitriles is 1. The second kappa shape index (κ2) is 6.13. The maximum Gasteiger partial charge on any atom is 0.153 e. The lowest BCUT2D eigenvalue weighted by molar-refractivity contribution is 0.610. The number of halogens is 2. The van der Waals surface area contributed by atoms with Gasteiger partial charge in [0.1, 0.15) is 11.9 Å². The maximum atomic E-state index is 13.5. The van der Waals surface area contributed by atoms with Crippen LogP contribution in [0.3, 0.4) is 0 Å². The minimum atomic E-state index is -1.02. The predicted octanol–water partition coefficient (Wildman–Crippen LogP) is 4.29. The molecule has 0 spiro atoms. The predicted molar refractivity (Wildman–Crippen MR) is 103 cm³/mol. The summed E-state index contributed by atoms with van der Waals surface area (Å²) in [7, 11) is 0. The van der Waals surface area contributed by atoms with E-state index in [2.05, 4.69) is 32.0 Å². The van der Waals surface area contributed by atoms with Crippen molar-refractivity contribution in [3.63, 3.8) is 0 Å². The Morgan fingerprint density at radius 1 is 1.15 bits per heavy atom. The molecule has 1 unspecified atom stereocenters. The van der Waals surface area contributed by atoms with Crippen LogP contribution in [-0.2, 0) is 5.66 Å². The SMILES string of the molecule is N#Cc1cnc2ccc(C3(N)C=C(c4ccc(F)c(Br)c4)C=N3)cc2c1. The van der Waals surface area contributed by atoms with E-state index in [9.17, 15) is 4.39 Å². The van der Waals surface area contributed by atoms with E-state index in [1.165, 1.54) is 6.07 Å². The number of pyridine rings is 1. The van der Waals surface area contributed by atoms with Gasteiger partial charge in [0.2, 0.25) is 0 Å². The molecule has 2 N–H and O–H groups in total. The highest BCUT2D eigenvalue weighted by Crippen LogP contribution is 2.33. The van der Waals surface area contributed by atoms with Crippen LogP contribution in [0.2, 0.25) is 0 Å². The summed E-state index contributed by atoms with van der Waals surface area (Å²) in [6.45, 7) is 0. The van der Waals surface area contributed by atoms with Gasteiger partial charge in [-0.2, -0.15) is 5.26 Å². The third-order valence-corrected chi connectivity index (χ3v) is 4.93. The van der Waals surface area contributed by atoms with Gasteiger partial charge in [0, 0.05) is 17.8 Å². The molecule has 126 valence electrons. The summed E-state index contributed by atoms with van der Waals surface area (Å²) in [5.41, 5.74) is 9.17. The molecule has 0 aliphatic carbocycles. The molecule has 2 heterocycles. The molecule has 0 saturated heterocycles. The molecule has 4 rings (SSSR count). The number of nitrogens with zero attached hydrogens (tertiary/aromatic N) is 3. The highest BCUT2D eigenvalue weighted by molar-refractivity contribution is 9.10. The summed E-state index contributed by atoms with van der Waals surface area (Å²) < 4.78 is 13.8. The first-order valence-electron chi connectivity index (χ1n) is 7.81. The molecule has 1 aromatic heterocycles. The highest BCUT2D eigenvalue weighted by Gasteiger charge is 2.28. The first-order chi connectivity index (χ1) is 12.5. The van der Waals surface area contributed by atoms with Gasteiger partial charge in [-0.3, -0.25) is 9.98 Å². The number of aliphatic imine (C=N–C) groups is 1. The number of benzene rings is 2. The molecule has 1 aliphatic rings. The van der Waals surface area contributed by atoms with E-state index in [0.717, 1.165) is 27.6 Å². The molecule has 3 aromatic rings. The zero-order valence-electron chi connectivity index (χ0n) is 13.4. The average molecular weight is 407 g/mol. The standard InChI is InChI=1S/C20H12BrFN4/c21-17-7-13(1-3-18(17)22)15-8-20(24,26-11-15)16-2-4-19-14(6-16)5-12(9-23)10-25-19/h1-8,10-11H,24H2. The number of aromatic nitrogens is 1. The van der Waals surface area contributed by atoms with Crippen LogP contribution in [0.5, 0.6) is 0 Å². The van der Waals surface area contributed by atoms with Crippen molar-refractivity contribution in [1.29, 1.82) is 5.26 Å². The van der Waals surface area contributed by atoms with Gasteiger partial charge in [0.25, 0.3) is 0 Å². The van der Waals surface area contributed by atoms with Crippen molar-refractivity contribution in [2.75, 3.05) is 0 Å². The van der Waals surface area contributed by atoms with Crippen molar-refractivity contribution in [1.82, 2.24) is 4.98 Å². The normalized spacial score (nSPS) is 18.8. The van der Waals surface area contributed by atoms with Crippen molar-refractivity contribution in [3.8, 4) is 6.07 Å². The number of fused-ring (bicyclic) bond motifs is 1. The zero-order valence-corrected chi connectivity index (χ0v) is 15.0.